The number of nitrogens with one attached hydrogen (secondary N) is 1. The largest absolute Gasteiger partial charge is 0.390 e. The molecule has 2 fully saturated rings. The summed E-state index contributed by atoms with van der Waals surface area (Å²) in [5.74, 6) is 0.589. The van der Waals surface area contributed by atoms with Crippen LogP contribution in [0.15, 0.2) is 0 Å². The molecule has 0 aromatic carbocycles. The number of aliphatic hydroxyl groups is 1. The normalized spacial score (nSPS) is 43.0. The van der Waals surface area contributed by atoms with Crippen molar-refractivity contribution >= 4 is 0 Å². The van der Waals surface area contributed by atoms with Crippen LogP contribution in [-0.4, -0.2) is 30.1 Å². The van der Waals surface area contributed by atoms with Crippen molar-refractivity contribution < 1.29 is 9.84 Å². The third-order valence-electron chi connectivity index (χ3n) is 2.99. The Kier molecular flexibility index (Phi) is 2.35. The molecule has 0 saturated carbocycles. The Morgan fingerprint density at radius 2 is 2.50 bits per heavy atom. The monoisotopic (exact) mass is 171 g/mol. The topological polar surface area (TPSA) is 41.5 Å². The van der Waals surface area contributed by atoms with E-state index in [-0.39, 0.29) is 18.4 Å². The number of aliphatic hydroxyl groups excluding tert-OH is 1. The molecule has 2 aliphatic heterocycles. The minimum atomic E-state index is -0.264. The van der Waals surface area contributed by atoms with E-state index in [9.17, 15) is 5.11 Å². The van der Waals surface area contributed by atoms with E-state index in [1.807, 2.05) is 6.92 Å². The first-order chi connectivity index (χ1) is 5.81. The standard InChI is InChI=1S/C9H17NO2/c1-2-7(11)9-6-3-4-10-8(5-6)12-9/h6-11H,2-5H2,1H3. The van der Waals surface area contributed by atoms with Gasteiger partial charge >= 0.3 is 0 Å². The van der Waals surface area contributed by atoms with Crippen molar-refractivity contribution in [2.24, 2.45) is 5.92 Å². The summed E-state index contributed by atoms with van der Waals surface area (Å²) in [6, 6.07) is 0. The molecule has 0 aromatic heterocycles. The van der Waals surface area contributed by atoms with Gasteiger partial charge in [0.25, 0.3) is 0 Å². The van der Waals surface area contributed by atoms with Crippen LogP contribution in [0.4, 0.5) is 0 Å². The maximum Gasteiger partial charge on any atom is 0.109 e. The van der Waals surface area contributed by atoms with Crippen LogP contribution in [0.2, 0.25) is 0 Å². The number of fused-ring (bicyclic) bond motifs is 2. The van der Waals surface area contributed by atoms with Crippen molar-refractivity contribution in [3.8, 4) is 0 Å². The van der Waals surface area contributed by atoms with Gasteiger partial charge in [0.1, 0.15) is 6.23 Å². The summed E-state index contributed by atoms with van der Waals surface area (Å²) in [5.41, 5.74) is 0. The van der Waals surface area contributed by atoms with Gasteiger partial charge in [-0.2, -0.15) is 0 Å². The lowest BCUT2D eigenvalue weighted by atomic mass is 9.91. The Labute approximate surface area is 73.1 Å². The molecular formula is C9H17NO2. The highest BCUT2D eigenvalue weighted by Gasteiger charge is 2.40. The lowest BCUT2D eigenvalue weighted by Gasteiger charge is -2.21. The highest BCUT2D eigenvalue weighted by atomic mass is 16.5. The molecule has 3 nitrogen and oxygen atoms in total. The number of rotatable bonds is 2. The van der Waals surface area contributed by atoms with Crippen molar-refractivity contribution in [1.82, 2.24) is 5.32 Å². The zero-order chi connectivity index (χ0) is 8.55. The van der Waals surface area contributed by atoms with E-state index in [0.717, 1.165) is 25.8 Å². The SMILES string of the molecule is CCC(O)C1OC2CC1CCN2. The molecule has 2 bridgehead atoms. The van der Waals surface area contributed by atoms with Crippen LogP contribution < -0.4 is 5.32 Å². The summed E-state index contributed by atoms with van der Waals surface area (Å²) in [6.45, 7) is 3.05. The number of hydrogen-bond acceptors (Lipinski definition) is 3. The van der Waals surface area contributed by atoms with Gasteiger partial charge in [-0.3, -0.25) is 5.32 Å². The van der Waals surface area contributed by atoms with Crippen LogP contribution in [0.3, 0.4) is 0 Å². The Hall–Kier alpha value is -0.120. The number of ether oxygens (including phenoxy) is 1. The van der Waals surface area contributed by atoms with Gasteiger partial charge in [0.05, 0.1) is 12.2 Å². The van der Waals surface area contributed by atoms with E-state index in [1.54, 1.807) is 0 Å². The fourth-order valence-corrected chi connectivity index (χ4v) is 2.25. The summed E-state index contributed by atoms with van der Waals surface area (Å²) in [5, 5.41) is 12.9. The molecule has 2 rings (SSSR count). The summed E-state index contributed by atoms with van der Waals surface area (Å²) >= 11 is 0. The number of piperidine rings is 1. The fraction of sp³-hybridized carbons (Fsp3) is 1.00. The average Bonchev–Trinajstić information content (AvgIpc) is 2.40. The van der Waals surface area contributed by atoms with Gasteiger partial charge in [-0.1, -0.05) is 6.92 Å². The Morgan fingerprint density at radius 3 is 3.17 bits per heavy atom. The zero-order valence-corrected chi connectivity index (χ0v) is 7.49. The maximum atomic E-state index is 9.65. The molecule has 2 saturated heterocycles. The van der Waals surface area contributed by atoms with Crippen LogP contribution in [0.1, 0.15) is 26.2 Å². The highest BCUT2D eigenvalue weighted by Crippen LogP contribution is 2.33. The minimum absolute atomic E-state index is 0.0926. The van der Waals surface area contributed by atoms with E-state index < -0.39 is 0 Å². The van der Waals surface area contributed by atoms with Crippen molar-refractivity contribution in [2.75, 3.05) is 6.54 Å². The van der Waals surface area contributed by atoms with Crippen molar-refractivity contribution in [3.63, 3.8) is 0 Å². The Morgan fingerprint density at radius 1 is 1.67 bits per heavy atom. The van der Waals surface area contributed by atoms with Gasteiger partial charge in [0, 0.05) is 0 Å². The van der Waals surface area contributed by atoms with Crippen LogP contribution in [0, 0.1) is 5.92 Å². The van der Waals surface area contributed by atoms with E-state index in [1.165, 1.54) is 0 Å². The van der Waals surface area contributed by atoms with Crippen LogP contribution in [0.25, 0.3) is 0 Å². The molecule has 0 amide bonds. The second-order valence-corrected chi connectivity index (χ2v) is 3.80. The first kappa shape index (κ1) is 8.48. The highest BCUT2D eigenvalue weighted by molar-refractivity contribution is 4.89. The first-order valence-electron chi connectivity index (χ1n) is 4.88. The average molecular weight is 171 g/mol. The molecule has 2 aliphatic rings. The van der Waals surface area contributed by atoms with Gasteiger partial charge in [0.2, 0.25) is 0 Å². The number of hydrogen-bond donors (Lipinski definition) is 2. The molecule has 4 atom stereocenters. The van der Waals surface area contributed by atoms with Crippen LogP contribution >= 0.6 is 0 Å². The molecule has 0 spiro atoms. The quantitative estimate of drug-likeness (QED) is 0.635. The fourth-order valence-electron chi connectivity index (χ4n) is 2.25. The minimum Gasteiger partial charge on any atom is -0.390 e. The summed E-state index contributed by atoms with van der Waals surface area (Å²) in [4.78, 5) is 0. The molecule has 0 aliphatic carbocycles. The molecule has 70 valence electrons. The second-order valence-electron chi connectivity index (χ2n) is 3.80. The van der Waals surface area contributed by atoms with E-state index in [4.69, 9.17) is 4.74 Å². The molecule has 2 N–H and O–H groups in total. The van der Waals surface area contributed by atoms with E-state index in [0.29, 0.717) is 5.92 Å². The van der Waals surface area contributed by atoms with Crippen molar-refractivity contribution in [3.05, 3.63) is 0 Å². The van der Waals surface area contributed by atoms with Gasteiger partial charge in [-0.25, -0.2) is 0 Å². The molecule has 0 radical (unpaired) electrons. The van der Waals surface area contributed by atoms with Crippen molar-refractivity contribution in [1.29, 1.82) is 0 Å². The van der Waals surface area contributed by atoms with Gasteiger partial charge in [0.15, 0.2) is 0 Å². The molecular weight excluding hydrogens is 154 g/mol. The molecule has 12 heavy (non-hydrogen) atoms. The predicted octanol–water partition coefficient (Wildman–Crippen LogP) is 0.482. The summed E-state index contributed by atoms with van der Waals surface area (Å²) in [6.07, 6.45) is 3.08. The Bertz CT molecular complexity index is 163. The second kappa shape index (κ2) is 3.32. The molecule has 3 heteroatoms. The molecule has 2 heterocycles. The van der Waals surface area contributed by atoms with E-state index in [2.05, 4.69) is 5.32 Å². The van der Waals surface area contributed by atoms with Gasteiger partial charge in [-0.05, 0) is 31.7 Å². The van der Waals surface area contributed by atoms with Gasteiger partial charge in [-0.15, -0.1) is 0 Å². The summed E-state index contributed by atoms with van der Waals surface area (Å²) < 4.78 is 5.68. The molecule has 0 aromatic rings. The lowest BCUT2D eigenvalue weighted by Crippen LogP contribution is -2.32. The third kappa shape index (κ3) is 1.37. The summed E-state index contributed by atoms with van der Waals surface area (Å²) in [7, 11) is 0. The Balaban J connectivity index is 1.99. The zero-order valence-electron chi connectivity index (χ0n) is 7.49. The van der Waals surface area contributed by atoms with Crippen molar-refractivity contribution in [2.45, 2.75) is 44.6 Å². The maximum absolute atomic E-state index is 9.65. The third-order valence-corrected chi connectivity index (χ3v) is 2.99. The molecule has 4 unspecified atom stereocenters. The first-order valence-corrected chi connectivity index (χ1v) is 4.88. The smallest absolute Gasteiger partial charge is 0.109 e. The lowest BCUT2D eigenvalue weighted by molar-refractivity contribution is -0.0473. The van der Waals surface area contributed by atoms with Gasteiger partial charge < -0.3 is 9.84 Å². The van der Waals surface area contributed by atoms with E-state index >= 15 is 0 Å². The van der Waals surface area contributed by atoms with Crippen LogP contribution in [0.5, 0.6) is 0 Å². The predicted molar refractivity (Wildman–Crippen MR) is 45.7 cm³/mol. The van der Waals surface area contributed by atoms with Crippen LogP contribution in [-0.2, 0) is 4.74 Å².